The molecule has 0 saturated heterocycles. The number of amides is 2. The van der Waals surface area contributed by atoms with Gasteiger partial charge in [0.25, 0.3) is 17.4 Å². The summed E-state index contributed by atoms with van der Waals surface area (Å²) in [4.78, 5) is 37.4. The zero-order chi connectivity index (χ0) is 19.4. The second-order valence-corrected chi connectivity index (χ2v) is 6.67. The van der Waals surface area contributed by atoms with Crippen LogP contribution in [0.5, 0.6) is 0 Å². The van der Waals surface area contributed by atoms with E-state index in [-0.39, 0.29) is 29.6 Å². The largest absolute Gasteiger partial charge is 0.384 e. The molecule has 1 heterocycles. The molecule has 0 radical (unpaired) electrons. The number of carbonyl (C=O) groups excluding carboxylic acids is 2. The predicted molar refractivity (Wildman–Crippen MR) is 101 cm³/mol. The van der Waals surface area contributed by atoms with Crippen LogP contribution in [0.4, 0.5) is 0 Å². The maximum atomic E-state index is 12.7. The zero-order valence-electron chi connectivity index (χ0n) is 15.4. The van der Waals surface area contributed by atoms with Crippen molar-refractivity contribution in [2.75, 3.05) is 20.8 Å². The van der Waals surface area contributed by atoms with Gasteiger partial charge in [0.15, 0.2) is 0 Å². The molecule has 1 saturated carbocycles. The lowest BCUT2D eigenvalue weighted by molar-refractivity contribution is 0.0944. The van der Waals surface area contributed by atoms with E-state index in [1.165, 1.54) is 23.9 Å². The van der Waals surface area contributed by atoms with E-state index in [1.807, 2.05) is 30.3 Å². The molecule has 0 bridgehead atoms. The molecule has 2 amide bonds. The number of nitrogens with one attached hydrogen (secondary N) is 2. The van der Waals surface area contributed by atoms with Crippen LogP contribution < -0.4 is 16.2 Å². The van der Waals surface area contributed by atoms with Crippen LogP contribution in [-0.4, -0.2) is 43.2 Å². The van der Waals surface area contributed by atoms with Crippen LogP contribution in [0.15, 0.2) is 47.4 Å². The number of aromatic nitrogens is 1. The summed E-state index contributed by atoms with van der Waals surface area (Å²) < 4.78 is 6.50. The van der Waals surface area contributed by atoms with Gasteiger partial charge in [-0.15, -0.1) is 0 Å². The number of hydrogen-bond acceptors (Lipinski definition) is 4. The van der Waals surface area contributed by atoms with Crippen LogP contribution in [0.1, 0.15) is 32.7 Å². The molecule has 0 spiro atoms. The fraction of sp³-hybridized carbons (Fsp3) is 0.350. The lowest BCUT2D eigenvalue weighted by atomic mass is 10.1. The summed E-state index contributed by atoms with van der Waals surface area (Å²) in [6, 6.07) is 10.8. The number of pyridine rings is 1. The third-order valence-corrected chi connectivity index (χ3v) is 4.64. The van der Waals surface area contributed by atoms with Crippen molar-refractivity contribution < 1.29 is 14.3 Å². The van der Waals surface area contributed by atoms with Gasteiger partial charge in [0, 0.05) is 32.3 Å². The highest BCUT2D eigenvalue weighted by Crippen LogP contribution is 2.30. The highest BCUT2D eigenvalue weighted by molar-refractivity contribution is 5.99. The Labute approximate surface area is 157 Å². The molecule has 1 aliphatic rings. The quantitative estimate of drug-likeness (QED) is 0.763. The average Bonchev–Trinajstić information content (AvgIpc) is 3.41. The first-order valence-corrected chi connectivity index (χ1v) is 8.83. The van der Waals surface area contributed by atoms with Crippen molar-refractivity contribution >= 4 is 11.8 Å². The Morgan fingerprint density at radius 1 is 1.22 bits per heavy atom. The Morgan fingerprint density at radius 3 is 2.63 bits per heavy atom. The Bertz CT molecular complexity index is 892. The van der Waals surface area contributed by atoms with Gasteiger partial charge < -0.3 is 19.9 Å². The maximum Gasteiger partial charge on any atom is 0.263 e. The third-order valence-electron chi connectivity index (χ3n) is 4.64. The minimum atomic E-state index is -0.514. The van der Waals surface area contributed by atoms with E-state index in [0.29, 0.717) is 12.5 Å². The van der Waals surface area contributed by atoms with Crippen LogP contribution in [0.2, 0.25) is 0 Å². The van der Waals surface area contributed by atoms with Crippen LogP contribution in [-0.2, 0) is 11.3 Å². The van der Waals surface area contributed by atoms with Gasteiger partial charge in [-0.2, -0.15) is 0 Å². The Balaban J connectivity index is 1.89. The van der Waals surface area contributed by atoms with E-state index in [9.17, 15) is 14.4 Å². The highest BCUT2D eigenvalue weighted by Gasteiger charge is 2.38. The zero-order valence-corrected chi connectivity index (χ0v) is 15.4. The molecule has 2 N–H and O–H groups in total. The van der Waals surface area contributed by atoms with Crippen LogP contribution >= 0.6 is 0 Å². The molecule has 2 unspecified atom stereocenters. The van der Waals surface area contributed by atoms with Crippen LogP contribution in [0.3, 0.4) is 0 Å². The second-order valence-electron chi connectivity index (χ2n) is 6.67. The van der Waals surface area contributed by atoms with Gasteiger partial charge in [0.2, 0.25) is 0 Å². The maximum absolute atomic E-state index is 12.7. The molecule has 3 rings (SSSR count). The standard InChI is InChI=1S/C20H23N3O4/c1-21-19(25)16-8-14(18(24)22-17-9-15(17)12-27-2)11-23(20(16)26)10-13-6-4-3-5-7-13/h3-8,11,15,17H,9-10,12H2,1-2H3,(H,21,25)(H,22,24). The fourth-order valence-corrected chi connectivity index (χ4v) is 3.03. The molecule has 142 valence electrons. The van der Waals surface area contributed by atoms with E-state index in [2.05, 4.69) is 10.6 Å². The van der Waals surface area contributed by atoms with Crippen molar-refractivity contribution in [1.29, 1.82) is 0 Å². The predicted octanol–water partition coefficient (Wildman–Crippen LogP) is 1.02. The summed E-state index contributed by atoms with van der Waals surface area (Å²) in [6.45, 7) is 0.877. The number of benzene rings is 1. The van der Waals surface area contributed by atoms with Crippen molar-refractivity contribution in [2.24, 2.45) is 5.92 Å². The molecule has 7 nitrogen and oxygen atoms in total. The highest BCUT2D eigenvalue weighted by atomic mass is 16.5. The molecule has 1 fully saturated rings. The average molecular weight is 369 g/mol. The van der Waals surface area contributed by atoms with E-state index in [1.54, 1.807) is 7.11 Å². The van der Waals surface area contributed by atoms with Crippen molar-refractivity contribution in [3.05, 3.63) is 69.6 Å². The van der Waals surface area contributed by atoms with Crippen LogP contribution in [0.25, 0.3) is 0 Å². The summed E-state index contributed by atoms with van der Waals surface area (Å²) >= 11 is 0. The topological polar surface area (TPSA) is 89.4 Å². The molecule has 1 aromatic heterocycles. The number of rotatable bonds is 7. The van der Waals surface area contributed by atoms with Crippen molar-refractivity contribution in [3.63, 3.8) is 0 Å². The van der Waals surface area contributed by atoms with E-state index >= 15 is 0 Å². The number of carbonyl (C=O) groups is 2. The summed E-state index contributed by atoms with van der Waals surface area (Å²) in [6.07, 6.45) is 2.37. The van der Waals surface area contributed by atoms with Gasteiger partial charge >= 0.3 is 0 Å². The van der Waals surface area contributed by atoms with Gasteiger partial charge in [-0.25, -0.2) is 0 Å². The molecule has 1 aromatic carbocycles. The summed E-state index contributed by atoms with van der Waals surface area (Å²) in [7, 11) is 3.09. The molecule has 0 aliphatic heterocycles. The number of nitrogens with zero attached hydrogens (tertiary/aromatic N) is 1. The first-order valence-electron chi connectivity index (χ1n) is 8.83. The SMILES string of the molecule is CNC(=O)c1cc(C(=O)NC2CC2COC)cn(Cc2ccccc2)c1=O. The van der Waals surface area contributed by atoms with Crippen LogP contribution in [0, 0.1) is 5.92 Å². The van der Waals surface area contributed by atoms with Gasteiger partial charge in [-0.3, -0.25) is 14.4 Å². The Morgan fingerprint density at radius 2 is 1.96 bits per heavy atom. The molecule has 2 aromatic rings. The molecular weight excluding hydrogens is 346 g/mol. The van der Waals surface area contributed by atoms with E-state index in [4.69, 9.17) is 4.74 Å². The van der Waals surface area contributed by atoms with E-state index < -0.39 is 11.5 Å². The Kier molecular flexibility index (Phi) is 5.71. The first kappa shape index (κ1) is 18.8. The normalized spacial score (nSPS) is 18.0. The monoisotopic (exact) mass is 369 g/mol. The molecule has 1 aliphatic carbocycles. The number of ether oxygens (including phenoxy) is 1. The lowest BCUT2D eigenvalue weighted by Gasteiger charge is -2.12. The first-order chi connectivity index (χ1) is 13.0. The summed E-state index contributed by atoms with van der Waals surface area (Å²) in [5, 5.41) is 5.39. The minimum absolute atomic E-state index is 0.0506. The van der Waals surface area contributed by atoms with Gasteiger partial charge in [-0.1, -0.05) is 30.3 Å². The lowest BCUT2D eigenvalue weighted by Crippen LogP contribution is -2.34. The van der Waals surface area contributed by atoms with Gasteiger partial charge in [-0.05, 0) is 18.1 Å². The Hall–Kier alpha value is -2.93. The molecular formula is C20H23N3O4. The number of methoxy groups -OCH3 is 1. The van der Waals surface area contributed by atoms with Crippen molar-refractivity contribution in [1.82, 2.24) is 15.2 Å². The second kappa shape index (κ2) is 8.18. The number of hydrogen-bond donors (Lipinski definition) is 2. The van der Waals surface area contributed by atoms with Gasteiger partial charge in [0.05, 0.1) is 18.7 Å². The smallest absolute Gasteiger partial charge is 0.263 e. The summed E-state index contributed by atoms with van der Waals surface area (Å²) in [5.41, 5.74) is 0.707. The molecule has 7 heteroatoms. The summed E-state index contributed by atoms with van der Waals surface area (Å²) in [5.74, 6) is -0.502. The van der Waals surface area contributed by atoms with E-state index in [0.717, 1.165) is 12.0 Å². The van der Waals surface area contributed by atoms with Gasteiger partial charge in [0.1, 0.15) is 5.56 Å². The van der Waals surface area contributed by atoms with Crippen molar-refractivity contribution in [3.8, 4) is 0 Å². The van der Waals surface area contributed by atoms with Crippen molar-refractivity contribution in [2.45, 2.75) is 19.0 Å². The third kappa shape index (κ3) is 4.43. The molecule has 2 atom stereocenters. The molecule has 27 heavy (non-hydrogen) atoms. The fourth-order valence-electron chi connectivity index (χ4n) is 3.03. The minimum Gasteiger partial charge on any atom is -0.384 e.